The maximum absolute atomic E-state index is 12.2. The van der Waals surface area contributed by atoms with Crippen LogP contribution in [-0.2, 0) is 9.63 Å². The molecule has 0 fully saturated rings. The minimum Gasteiger partial charge on any atom is -0.345 e. The Morgan fingerprint density at radius 1 is 0.893 bits per heavy atom. The average Bonchev–Trinajstić information content (AvgIpc) is 3.09. The Morgan fingerprint density at radius 2 is 1.54 bits per heavy atom. The van der Waals surface area contributed by atoms with Gasteiger partial charge in [-0.15, -0.1) is 0 Å². The number of halogens is 1. The molecule has 4 rings (SSSR count). The third-order valence-electron chi connectivity index (χ3n) is 4.55. The summed E-state index contributed by atoms with van der Waals surface area (Å²) in [6.07, 6.45) is 1.79. The predicted molar refractivity (Wildman–Crippen MR) is 113 cm³/mol. The van der Waals surface area contributed by atoms with Gasteiger partial charge >= 0.3 is 5.97 Å². The van der Waals surface area contributed by atoms with Crippen molar-refractivity contribution in [2.75, 3.05) is 11.9 Å². The van der Waals surface area contributed by atoms with Crippen molar-refractivity contribution in [1.82, 2.24) is 0 Å². The monoisotopic (exact) mass is 388 g/mol. The molecule has 4 nitrogen and oxygen atoms in total. The maximum Gasteiger partial charge on any atom is 0.368 e. The standard InChI is InChI=1S/C23H17ClN2O2/c1-26(19-5-3-2-4-6-19)20-13-7-16(8-14-20)15-21-22(25-28-23(21)27)17-9-11-18(24)12-10-17/h2-15H,1H3/b21-15-. The highest BCUT2D eigenvalue weighted by atomic mass is 35.5. The Morgan fingerprint density at radius 3 is 2.21 bits per heavy atom. The van der Waals surface area contributed by atoms with E-state index in [0.717, 1.165) is 22.5 Å². The third kappa shape index (κ3) is 3.68. The first-order valence-corrected chi connectivity index (χ1v) is 9.16. The van der Waals surface area contributed by atoms with E-state index in [-0.39, 0.29) is 0 Å². The molecule has 0 saturated carbocycles. The zero-order chi connectivity index (χ0) is 19.5. The molecule has 138 valence electrons. The number of anilines is 2. The molecule has 0 atom stereocenters. The van der Waals surface area contributed by atoms with Gasteiger partial charge in [0, 0.05) is 29.0 Å². The molecule has 0 N–H and O–H groups in total. The SMILES string of the molecule is CN(c1ccccc1)c1ccc(/C=C2\C(=O)ON=C2c2ccc(Cl)cc2)cc1. The van der Waals surface area contributed by atoms with Crippen LogP contribution in [0.1, 0.15) is 11.1 Å². The van der Waals surface area contributed by atoms with E-state index in [9.17, 15) is 4.79 Å². The molecule has 1 heterocycles. The Bertz CT molecular complexity index is 1060. The molecule has 3 aromatic rings. The van der Waals surface area contributed by atoms with Gasteiger partial charge in [0.05, 0.1) is 5.57 Å². The number of carbonyl (C=O) groups is 1. The number of oxime groups is 1. The Hall–Kier alpha value is -3.37. The van der Waals surface area contributed by atoms with E-state index in [1.165, 1.54) is 0 Å². The highest BCUT2D eigenvalue weighted by Gasteiger charge is 2.26. The summed E-state index contributed by atoms with van der Waals surface area (Å²) in [5, 5.41) is 4.55. The van der Waals surface area contributed by atoms with Crippen LogP contribution in [-0.4, -0.2) is 18.7 Å². The Kier molecular flexibility index (Phi) is 4.96. The molecule has 5 heteroatoms. The molecule has 1 aliphatic rings. The van der Waals surface area contributed by atoms with Gasteiger partial charge in [-0.3, -0.25) is 0 Å². The molecule has 3 aromatic carbocycles. The van der Waals surface area contributed by atoms with Crippen LogP contribution in [0.4, 0.5) is 11.4 Å². The molecule has 28 heavy (non-hydrogen) atoms. The van der Waals surface area contributed by atoms with Gasteiger partial charge in [0.1, 0.15) is 5.71 Å². The highest BCUT2D eigenvalue weighted by molar-refractivity contribution is 6.32. The Labute approximate surface area is 168 Å². The van der Waals surface area contributed by atoms with Crippen molar-refractivity contribution < 1.29 is 9.63 Å². The summed E-state index contributed by atoms with van der Waals surface area (Å²) in [5.41, 5.74) is 4.75. The van der Waals surface area contributed by atoms with Crippen LogP contribution in [0.25, 0.3) is 6.08 Å². The van der Waals surface area contributed by atoms with Gasteiger partial charge in [-0.1, -0.05) is 59.2 Å². The zero-order valence-corrected chi connectivity index (χ0v) is 15.9. The molecule has 0 radical (unpaired) electrons. The van der Waals surface area contributed by atoms with Crippen molar-refractivity contribution in [3.8, 4) is 0 Å². The minimum absolute atomic E-state index is 0.423. The molecule has 0 unspecified atom stereocenters. The van der Waals surface area contributed by atoms with Gasteiger partial charge in [-0.25, -0.2) is 4.79 Å². The first-order chi connectivity index (χ1) is 13.6. The lowest BCUT2D eigenvalue weighted by molar-refractivity contribution is -0.136. The number of rotatable bonds is 4. The van der Waals surface area contributed by atoms with E-state index in [0.29, 0.717) is 16.3 Å². The van der Waals surface area contributed by atoms with Crippen LogP contribution in [0.5, 0.6) is 0 Å². The fourth-order valence-electron chi connectivity index (χ4n) is 2.99. The van der Waals surface area contributed by atoms with Crippen LogP contribution in [0.3, 0.4) is 0 Å². The largest absolute Gasteiger partial charge is 0.368 e. The van der Waals surface area contributed by atoms with Crippen LogP contribution < -0.4 is 4.90 Å². The fourth-order valence-corrected chi connectivity index (χ4v) is 3.11. The lowest BCUT2D eigenvalue weighted by Gasteiger charge is -2.19. The van der Waals surface area contributed by atoms with Crippen LogP contribution in [0.15, 0.2) is 89.6 Å². The molecule has 0 bridgehead atoms. The Balaban J connectivity index is 1.60. The lowest BCUT2D eigenvalue weighted by Crippen LogP contribution is -2.09. The normalized spacial score (nSPS) is 14.7. The smallest absolute Gasteiger partial charge is 0.345 e. The van der Waals surface area contributed by atoms with Crippen molar-refractivity contribution in [1.29, 1.82) is 0 Å². The zero-order valence-electron chi connectivity index (χ0n) is 15.2. The number of carbonyl (C=O) groups excluding carboxylic acids is 1. The topological polar surface area (TPSA) is 41.9 Å². The molecular weight excluding hydrogens is 372 g/mol. The number of nitrogens with zero attached hydrogens (tertiary/aromatic N) is 2. The van der Waals surface area contributed by atoms with Gasteiger partial charge < -0.3 is 9.74 Å². The molecule has 1 aliphatic heterocycles. The number of hydrogen-bond donors (Lipinski definition) is 0. The van der Waals surface area contributed by atoms with Crippen molar-refractivity contribution in [2.24, 2.45) is 5.16 Å². The highest BCUT2D eigenvalue weighted by Crippen LogP contribution is 2.26. The third-order valence-corrected chi connectivity index (χ3v) is 4.80. The summed E-state index contributed by atoms with van der Waals surface area (Å²) < 4.78 is 0. The summed E-state index contributed by atoms with van der Waals surface area (Å²) in [4.78, 5) is 19.1. The second-order valence-electron chi connectivity index (χ2n) is 6.37. The van der Waals surface area contributed by atoms with Gasteiger partial charge in [0.2, 0.25) is 0 Å². The first kappa shape index (κ1) is 18.0. The summed E-state index contributed by atoms with van der Waals surface area (Å²) in [7, 11) is 2.02. The van der Waals surface area contributed by atoms with Crippen molar-refractivity contribution in [2.45, 2.75) is 0 Å². The number of benzene rings is 3. The minimum atomic E-state index is -0.463. The second-order valence-corrected chi connectivity index (χ2v) is 6.81. The van der Waals surface area contributed by atoms with Crippen LogP contribution in [0.2, 0.25) is 5.02 Å². The molecular formula is C23H17ClN2O2. The van der Waals surface area contributed by atoms with E-state index in [1.54, 1.807) is 18.2 Å². The first-order valence-electron chi connectivity index (χ1n) is 8.78. The molecule has 0 aliphatic carbocycles. The summed E-state index contributed by atoms with van der Waals surface area (Å²) in [6.45, 7) is 0. The fraction of sp³-hybridized carbons (Fsp3) is 0.0435. The lowest BCUT2D eigenvalue weighted by atomic mass is 10.0. The van der Waals surface area contributed by atoms with Gasteiger partial charge in [-0.05, 0) is 48.0 Å². The maximum atomic E-state index is 12.2. The van der Waals surface area contributed by atoms with Crippen molar-refractivity contribution in [3.63, 3.8) is 0 Å². The summed E-state index contributed by atoms with van der Waals surface area (Å²) >= 11 is 5.94. The van der Waals surface area contributed by atoms with E-state index < -0.39 is 5.97 Å². The van der Waals surface area contributed by atoms with E-state index in [2.05, 4.69) is 22.2 Å². The molecule has 0 spiro atoms. The van der Waals surface area contributed by atoms with Crippen LogP contribution >= 0.6 is 11.6 Å². The average molecular weight is 389 g/mol. The molecule has 0 saturated heterocycles. The van der Waals surface area contributed by atoms with Gasteiger partial charge in [0.15, 0.2) is 0 Å². The molecule has 0 amide bonds. The van der Waals surface area contributed by atoms with Crippen molar-refractivity contribution in [3.05, 3.63) is 101 Å². The quantitative estimate of drug-likeness (QED) is 0.440. The van der Waals surface area contributed by atoms with Gasteiger partial charge in [0.25, 0.3) is 0 Å². The van der Waals surface area contributed by atoms with Crippen molar-refractivity contribution >= 4 is 40.7 Å². The van der Waals surface area contributed by atoms with Gasteiger partial charge in [-0.2, -0.15) is 0 Å². The van der Waals surface area contributed by atoms with E-state index in [1.807, 2.05) is 61.6 Å². The number of para-hydroxylation sites is 1. The summed E-state index contributed by atoms with van der Waals surface area (Å²) in [5.74, 6) is -0.463. The predicted octanol–water partition coefficient (Wildman–Crippen LogP) is 5.45. The van der Waals surface area contributed by atoms with E-state index in [4.69, 9.17) is 16.4 Å². The number of hydrogen-bond acceptors (Lipinski definition) is 4. The second kappa shape index (κ2) is 7.71. The van der Waals surface area contributed by atoms with E-state index >= 15 is 0 Å². The molecule has 0 aromatic heterocycles. The summed E-state index contributed by atoms with van der Waals surface area (Å²) in [6, 6.07) is 25.2. The van der Waals surface area contributed by atoms with Crippen LogP contribution in [0, 0.1) is 0 Å².